The second-order valence-electron chi connectivity index (χ2n) is 29.9. The summed E-state index contributed by atoms with van der Waals surface area (Å²) in [4.78, 5) is 112. The average molecular weight is 1460 g/mol. The smallest absolute Gasteiger partial charge is 0.413 e. The average Bonchev–Trinajstić information content (AvgIpc) is 1.06. The number of esters is 2. The molecule has 6 aromatic rings. The molecule has 0 spiro atoms. The van der Waals surface area contributed by atoms with Crippen molar-refractivity contribution in [1.29, 1.82) is 0 Å². The first-order chi connectivity index (χ1) is 48.2. The second-order valence-corrected chi connectivity index (χ2v) is 37.8. The molecule has 3 N–H and O–H groups in total. The molecule has 4 aliphatic heterocycles. The van der Waals surface area contributed by atoms with Crippen molar-refractivity contribution >= 4 is 88.7 Å². The minimum absolute atomic E-state index is 0.0482. The van der Waals surface area contributed by atoms with Crippen LogP contribution >= 0.6 is 23.1 Å². The molecule has 2 aromatic heterocycles. The van der Waals surface area contributed by atoms with Crippen molar-refractivity contribution in [3.63, 3.8) is 0 Å². The van der Waals surface area contributed by atoms with Crippen LogP contribution in [0, 0.1) is 5.41 Å². The van der Waals surface area contributed by atoms with Gasteiger partial charge >= 0.3 is 18.0 Å². The molecule has 4 aliphatic rings. The molecule has 3 fully saturated rings. The quantitative estimate of drug-likeness (QED) is 0.00575. The maximum atomic E-state index is 15.0. The van der Waals surface area contributed by atoms with Crippen LogP contribution in [0.1, 0.15) is 108 Å². The zero-order valence-electron chi connectivity index (χ0n) is 60.7. The van der Waals surface area contributed by atoms with Crippen molar-refractivity contribution < 1.29 is 80.7 Å². The number of pyridine rings is 1. The maximum Gasteiger partial charge on any atom is 0.413 e. The molecule has 0 radical (unpaired) electrons. The number of piperidine rings is 1. The van der Waals surface area contributed by atoms with E-state index in [9.17, 15) is 33.6 Å². The predicted molar refractivity (Wildman–Crippen MR) is 390 cm³/mol. The van der Waals surface area contributed by atoms with Crippen LogP contribution in [0.5, 0.6) is 28.7 Å². The lowest BCUT2D eigenvalue weighted by atomic mass is 9.84. The van der Waals surface area contributed by atoms with Crippen molar-refractivity contribution in [2.45, 2.75) is 161 Å². The standard InChI is InChI=1S/C74H92N8O17S2Si/c1-45-54(61(67(87)96-40-48-20-26-51(92-12)27-21-48)81-65(86)60(66(81)101-45)77-64(85)59(79-99-73(8,9)68(88)97-71(2,3)4)55-41-100-69(76-55)78-70(89)98-72(5,6)7)37-82-30-28-74(43-82,29-31-82)42-75-63(84)53-36-80(44-93-32-33-102(13,14)15)56-35-58(95-39-47-18-24-50(91-11)25-19-47)57(34-52(56)62(53)83)94-38-46-16-22-49(90-10)23-17-46/h16-27,34-36,41,45,60,66H,28-33,37-40,42-44H2,1-15H3,(H2-,75,76,77,78,84,85,89)/p+1/t45-,60+,66+,74?,82?/m0/s1. The van der Waals surface area contributed by atoms with Gasteiger partial charge in [0.15, 0.2) is 22.3 Å². The number of benzene rings is 4. The van der Waals surface area contributed by atoms with Crippen LogP contribution in [0.15, 0.2) is 118 Å². The van der Waals surface area contributed by atoms with Gasteiger partial charge < -0.3 is 67.2 Å². The summed E-state index contributed by atoms with van der Waals surface area (Å²) in [5.74, 6) is -0.847. The van der Waals surface area contributed by atoms with Gasteiger partial charge in [-0.3, -0.25) is 29.4 Å². The molecule has 3 saturated heterocycles. The van der Waals surface area contributed by atoms with Crippen LogP contribution in [-0.2, 0) is 69.5 Å². The number of hydrogen-bond acceptors (Lipinski definition) is 21. The molecule has 4 aromatic carbocycles. The van der Waals surface area contributed by atoms with Gasteiger partial charge in [-0.1, -0.05) is 61.2 Å². The number of β-lactam (4-membered cyclic amide) rings is 1. The number of carbonyl (C=O) groups excluding carboxylic acids is 6. The summed E-state index contributed by atoms with van der Waals surface area (Å²) in [7, 11) is 3.25. The Bertz CT molecular complexity index is 4220. The lowest BCUT2D eigenvalue weighted by Gasteiger charge is -2.51. The highest BCUT2D eigenvalue weighted by atomic mass is 32.2. The lowest BCUT2D eigenvalue weighted by molar-refractivity contribution is -0.905. The third-order valence-corrected chi connectivity index (χ3v) is 21.9. The van der Waals surface area contributed by atoms with E-state index in [1.54, 1.807) is 110 Å². The Hall–Kier alpha value is -8.96. The number of carbonyl (C=O) groups is 6. The van der Waals surface area contributed by atoms with Crippen LogP contribution in [0.25, 0.3) is 10.9 Å². The topological polar surface area (TPSA) is 281 Å². The SMILES string of the molecule is COc1ccc(COC(=O)C2=C(C[N+]34CCC(CNC(=O)c5cn(COCC[Si](C)(C)C)c6cc(OCc7ccc(OC)cc7)c(OCc7ccc(OC)cc7)cc6c5=O)(CC3)C4)[C@H](C)S[C@@H]3[C@H](NC(=O)C(=NOC(C)(C)C(=O)OC(C)(C)C)c4csc(NC(=O)OC(C)(C)C)n4)C(=O)N23)cc1. The molecule has 0 aliphatic carbocycles. The number of methoxy groups -OCH3 is 3. The number of ether oxygens (including phenoxy) is 9. The van der Waals surface area contributed by atoms with E-state index in [1.807, 2.05) is 55.5 Å². The molecule has 0 saturated carbocycles. The van der Waals surface area contributed by atoms with E-state index in [1.165, 1.54) is 35.9 Å². The summed E-state index contributed by atoms with van der Waals surface area (Å²) in [6.45, 7) is 25.2. The number of thiazole rings is 1. The van der Waals surface area contributed by atoms with E-state index in [4.69, 9.17) is 47.5 Å². The monoisotopic (exact) mass is 1460 g/mol. The van der Waals surface area contributed by atoms with Crippen molar-refractivity contribution in [1.82, 2.24) is 25.1 Å². The number of amides is 4. The Labute approximate surface area is 603 Å². The summed E-state index contributed by atoms with van der Waals surface area (Å²) in [6, 6.07) is 25.2. The predicted octanol–water partition coefficient (Wildman–Crippen LogP) is 11.0. The van der Waals surface area contributed by atoms with E-state index in [0.717, 1.165) is 41.3 Å². The number of hydrogen-bond donors (Lipinski definition) is 3. The summed E-state index contributed by atoms with van der Waals surface area (Å²) < 4.78 is 54.8. The van der Waals surface area contributed by atoms with Gasteiger partial charge in [0.2, 0.25) is 11.0 Å². The van der Waals surface area contributed by atoms with E-state index in [0.29, 0.717) is 82.7 Å². The Morgan fingerprint density at radius 3 is 1.89 bits per heavy atom. The minimum atomic E-state index is -1.72. The van der Waals surface area contributed by atoms with Gasteiger partial charge in [0.25, 0.3) is 17.7 Å². The van der Waals surface area contributed by atoms with Crippen molar-refractivity contribution in [2.24, 2.45) is 10.6 Å². The zero-order chi connectivity index (χ0) is 73.7. The van der Waals surface area contributed by atoms with Crippen LogP contribution in [0.3, 0.4) is 0 Å². The molecule has 25 nitrogen and oxygen atoms in total. The van der Waals surface area contributed by atoms with Gasteiger partial charge in [0.1, 0.15) is 89.9 Å². The second kappa shape index (κ2) is 30.9. The number of thioether (sulfide) groups is 1. The molecule has 0 unspecified atom stereocenters. The third kappa shape index (κ3) is 18.4. The first-order valence-electron chi connectivity index (χ1n) is 33.9. The molecule has 6 heterocycles. The molecular formula is C74H93N8O17S2Si+. The van der Waals surface area contributed by atoms with E-state index < -0.39 is 88.4 Å². The Morgan fingerprint density at radius 2 is 1.33 bits per heavy atom. The summed E-state index contributed by atoms with van der Waals surface area (Å²) in [5, 5.41) is 13.3. The number of fused-ring (bicyclic) bond motifs is 4. The van der Waals surface area contributed by atoms with Gasteiger partial charge in [0.05, 0.1) is 51.9 Å². The fraction of sp³-hybridized carbons (Fsp3) is 0.473. The van der Waals surface area contributed by atoms with E-state index in [-0.39, 0.29) is 66.0 Å². The van der Waals surface area contributed by atoms with Crippen molar-refractivity contribution in [3.8, 4) is 28.7 Å². The fourth-order valence-corrected chi connectivity index (χ4v) is 15.3. The van der Waals surface area contributed by atoms with Crippen LogP contribution in [-0.4, -0.2) is 163 Å². The number of anilines is 1. The lowest BCUT2D eigenvalue weighted by Crippen LogP contribution is -2.72. The highest BCUT2D eigenvalue weighted by Crippen LogP contribution is 2.50. The molecule has 546 valence electrons. The Morgan fingerprint density at radius 1 is 0.765 bits per heavy atom. The summed E-state index contributed by atoms with van der Waals surface area (Å²) >= 11 is 2.37. The molecule has 102 heavy (non-hydrogen) atoms. The molecule has 4 amide bonds. The first kappa shape index (κ1) is 75.7. The van der Waals surface area contributed by atoms with Gasteiger partial charge in [-0.15, -0.1) is 23.1 Å². The Balaban J connectivity index is 0.907. The largest absolute Gasteiger partial charge is 0.497 e. The van der Waals surface area contributed by atoms with Gasteiger partial charge in [-0.05, 0) is 128 Å². The molecule has 2 bridgehead atoms. The number of aromatic nitrogens is 2. The summed E-state index contributed by atoms with van der Waals surface area (Å²) in [6.07, 6.45) is 2.21. The molecule has 3 atom stereocenters. The van der Waals surface area contributed by atoms with Gasteiger partial charge in [-0.25, -0.2) is 19.4 Å². The van der Waals surface area contributed by atoms with Crippen LogP contribution in [0.4, 0.5) is 9.93 Å². The maximum absolute atomic E-state index is 15.0. The van der Waals surface area contributed by atoms with E-state index in [2.05, 4.69) is 45.7 Å². The first-order valence-corrected chi connectivity index (χ1v) is 39.4. The number of oxime groups is 1. The normalized spacial score (nSPS) is 19.7. The Kier molecular flexibility index (Phi) is 23.0. The fourth-order valence-electron chi connectivity index (χ4n) is 12.4. The van der Waals surface area contributed by atoms with Crippen LogP contribution in [0.2, 0.25) is 25.7 Å². The highest BCUT2D eigenvalue weighted by Gasteiger charge is 2.60. The molecule has 10 rings (SSSR count). The molecular weight excluding hydrogens is 1370 g/mol. The molecule has 28 heteroatoms. The summed E-state index contributed by atoms with van der Waals surface area (Å²) in [5.41, 5.74) is -1.21. The number of rotatable bonds is 29. The number of nitrogens with zero attached hydrogens (tertiary/aromatic N) is 5. The number of quaternary nitrogens is 1. The van der Waals surface area contributed by atoms with Crippen molar-refractivity contribution in [3.05, 3.63) is 146 Å². The van der Waals surface area contributed by atoms with Crippen molar-refractivity contribution in [2.75, 3.05) is 66.0 Å². The van der Waals surface area contributed by atoms with Crippen LogP contribution < -0.4 is 45.1 Å². The van der Waals surface area contributed by atoms with E-state index >= 15 is 0 Å². The number of nitrogens with one attached hydrogen (secondary N) is 3. The van der Waals surface area contributed by atoms with Gasteiger partial charge in [-0.2, -0.15) is 0 Å². The third-order valence-electron chi connectivity index (χ3n) is 18.0. The van der Waals surface area contributed by atoms with Gasteiger partial charge in [0, 0.05) is 67.9 Å². The zero-order valence-corrected chi connectivity index (χ0v) is 63.3. The minimum Gasteiger partial charge on any atom is -0.497 e. The highest BCUT2D eigenvalue weighted by molar-refractivity contribution is 8.00.